The first-order valence-electron chi connectivity index (χ1n) is 22.1. The van der Waals surface area contributed by atoms with Gasteiger partial charge in [-0.1, -0.05) is 36.9 Å². The van der Waals surface area contributed by atoms with Gasteiger partial charge in [-0.05, 0) is 89.7 Å². The number of methoxy groups -OCH3 is 2. The summed E-state index contributed by atoms with van der Waals surface area (Å²) < 4.78 is 24.8. The van der Waals surface area contributed by atoms with Crippen LogP contribution in [0.25, 0.3) is 0 Å². The third kappa shape index (κ3) is 7.94. The van der Waals surface area contributed by atoms with Crippen molar-refractivity contribution in [1.82, 2.24) is 14.7 Å². The van der Waals surface area contributed by atoms with Gasteiger partial charge in [0.05, 0.1) is 51.4 Å². The zero-order valence-electron chi connectivity index (χ0n) is 34.8. The highest BCUT2D eigenvalue weighted by Gasteiger charge is 2.54. The molecule has 0 aromatic heterocycles. The van der Waals surface area contributed by atoms with E-state index in [1.54, 1.807) is 14.2 Å². The number of rotatable bonds is 13. The summed E-state index contributed by atoms with van der Waals surface area (Å²) in [5, 5.41) is 0. The molecule has 5 unspecified atom stereocenters. The largest absolute Gasteiger partial charge is 0.498 e. The number of allylic oxidation sites excluding steroid dienone is 2. The van der Waals surface area contributed by atoms with Crippen LogP contribution >= 0.6 is 0 Å². The Morgan fingerprint density at radius 2 is 1.34 bits per heavy atom. The van der Waals surface area contributed by atoms with Gasteiger partial charge in [0.2, 0.25) is 11.8 Å². The SMILES string of the molecule is COC1=C(OCCCCCOC2=C(OC)CC3C(=O)N4[C@@H]5CCCCC5C[C@@H]4C=N[C@@H]3C2)CC2[C@@H](C1)C(=O)N1C3CCCC[C@H]3C[C@H]1CN2CC(C)(C)S(C)=S. The molecule has 0 spiro atoms. The monoisotopic (exact) mass is 812 g/mol. The van der Waals surface area contributed by atoms with E-state index in [2.05, 4.69) is 41.0 Å². The van der Waals surface area contributed by atoms with Crippen LogP contribution in [0.1, 0.15) is 123 Å². The van der Waals surface area contributed by atoms with E-state index >= 15 is 0 Å². The first kappa shape index (κ1) is 40.6. The summed E-state index contributed by atoms with van der Waals surface area (Å²) in [6.07, 6.45) is 21.5. The molecule has 12 heteroatoms. The summed E-state index contributed by atoms with van der Waals surface area (Å²) >= 11 is 5.87. The van der Waals surface area contributed by atoms with Crippen molar-refractivity contribution in [1.29, 1.82) is 0 Å². The number of amides is 2. The minimum atomic E-state index is -0.171. The Hall–Kier alpha value is -2.18. The van der Waals surface area contributed by atoms with Crippen LogP contribution in [0.5, 0.6) is 0 Å². The zero-order chi connectivity index (χ0) is 39.1. The number of carbonyl (C=O) groups is 2. The molecule has 3 saturated heterocycles. The molecule has 5 fully saturated rings. The highest BCUT2D eigenvalue weighted by molar-refractivity contribution is 8.29. The van der Waals surface area contributed by atoms with Gasteiger partial charge in [0.1, 0.15) is 23.0 Å². The number of hydrogen-bond acceptors (Lipinski definition) is 9. The van der Waals surface area contributed by atoms with Crippen LogP contribution in [0.4, 0.5) is 0 Å². The van der Waals surface area contributed by atoms with Crippen molar-refractivity contribution in [2.24, 2.45) is 28.7 Å². The average molecular weight is 813 g/mol. The number of fused-ring (bicyclic) bond motifs is 8. The van der Waals surface area contributed by atoms with Gasteiger partial charge in [0.25, 0.3) is 0 Å². The fourth-order valence-corrected chi connectivity index (χ4v) is 12.6. The van der Waals surface area contributed by atoms with Gasteiger partial charge in [0.15, 0.2) is 0 Å². The maximum Gasteiger partial charge on any atom is 0.229 e. The molecule has 4 aliphatic carbocycles. The molecule has 2 saturated carbocycles. The van der Waals surface area contributed by atoms with Crippen molar-refractivity contribution in [2.45, 2.75) is 164 Å². The average Bonchev–Trinajstić information content (AvgIpc) is 3.69. The molecule has 8 aliphatic rings. The summed E-state index contributed by atoms with van der Waals surface area (Å²) in [4.78, 5) is 40.7. The number of aliphatic imine (C=N–C) groups is 1. The Kier molecular flexibility index (Phi) is 12.5. The van der Waals surface area contributed by atoms with Gasteiger partial charge >= 0.3 is 0 Å². The van der Waals surface area contributed by atoms with Crippen LogP contribution in [0, 0.1) is 23.7 Å². The van der Waals surface area contributed by atoms with Crippen molar-refractivity contribution in [3.63, 3.8) is 0 Å². The van der Waals surface area contributed by atoms with Crippen LogP contribution in [0.2, 0.25) is 0 Å². The molecule has 56 heavy (non-hydrogen) atoms. The minimum absolute atomic E-state index is 0.0203. The Morgan fingerprint density at radius 3 is 2.00 bits per heavy atom. The van der Waals surface area contributed by atoms with Crippen LogP contribution in [-0.2, 0) is 49.2 Å². The Bertz CT molecular complexity index is 1600. The molecule has 0 N–H and O–H groups in total. The lowest BCUT2D eigenvalue weighted by atomic mass is 9.82. The van der Waals surface area contributed by atoms with Crippen molar-refractivity contribution in [2.75, 3.05) is 46.8 Å². The maximum atomic E-state index is 14.5. The van der Waals surface area contributed by atoms with Crippen LogP contribution in [0.15, 0.2) is 28.0 Å². The van der Waals surface area contributed by atoms with E-state index in [0.717, 1.165) is 81.1 Å². The third-order valence-corrected chi connectivity index (χ3v) is 18.2. The summed E-state index contributed by atoms with van der Waals surface area (Å²) in [5.74, 6) is 5.01. The molecule has 0 radical (unpaired) electrons. The van der Waals surface area contributed by atoms with Crippen molar-refractivity contribution in [3.8, 4) is 0 Å². The van der Waals surface area contributed by atoms with E-state index < -0.39 is 0 Å². The second-order valence-electron chi connectivity index (χ2n) is 18.9. The summed E-state index contributed by atoms with van der Waals surface area (Å²) in [6, 6.07) is 1.22. The van der Waals surface area contributed by atoms with Crippen molar-refractivity contribution in [3.05, 3.63) is 23.0 Å². The molecule has 4 aliphatic heterocycles. The van der Waals surface area contributed by atoms with Gasteiger partial charge < -0.3 is 28.7 Å². The standard InChI is InChI=1S/C44H68N4O6S2/c1-44(2,56(5)55)27-46-26-31-20-29-14-8-10-16-36(29)48(31)43(50)33-22-39(52-4)41(24-37(33)46)54-18-12-6-11-17-53-40-23-34-32(21-38(40)51-3)42(49)47-30(25-45-34)19-28-13-7-9-15-35(28)47/h25,28-37H,6-24,26-27H2,1-5H3/t28?,29-,30+,31-,32?,33+,34+,35+,36?,37?,56?/m0/s1. The first-order valence-corrected chi connectivity index (χ1v) is 24.7. The smallest absolute Gasteiger partial charge is 0.229 e. The molecule has 312 valence electrons. The first-order chi connectivity index (χ1) is 27.1. The highest BCUT2D eigenvalue weighted by atomic mass is 32.8. The predicted octanol–water partition coefficient (Wildman–Crippen LogP) is 6.67. The lowest BCUT2D eigenvalue weighted by Crippen LogP contribution is -2.51. The number of carbonyl (C=O) groups excluding carboxylic acids is 2. The maximum absolute atomic E-state index is 14.5. The van der Waals surface area contributed by atoms with E-state index in [4.69, 9.17) is 35.1 Å². The van der Waals surface area contributed by atoms with Crippen LogP contribution in [-0.4, -0.2) is 121 Å². The predicted molar refractivity (Wildman–Crippen MR) is 224 cm³/mol. The fourth-order valence-electron chi connectivity index (χ4n) is 12.1. The molecule has 0 aromatic rings. The lowest BCUT2D eigenvalue weighted by molar-refractivity contribution is -0.140. The van der Waals surface area contributed by atoms with E-state index in [9.17, 15) is 9.59 Å². The molecule has 2 amide bonds. The molecular formula is C44H68N4O6S2. The van der Waals surface area contributed by atoms with E-state index in [-0.39, 0.29) is 56.1 Å². The third-order valence-electron chi connectivity index (χ3n) is 15.2. The Labute approximate surface area is 343 Å². The van der Waals surface area contributed by atoms with Gasteiger partial charge in [-0.25, -0.2) is 0 Å². The molecule has 8 rings (SSSR count). The molecule has 0 bridgehead atoms. The van der Waals surface area contributed by atoms with Crippen LogP contribution in [0.3, 0.4) is 0 Å². The molecular weight excluding hydrogens is 745 g/mol. The number of ether oxygens (including phenoxy) is 4. The van der Waals surface area contributed by atoms with Gasteiger partial charge in [0, 0.05) is 73.9 Å². The highest BCUT2D eigenvalue weighted by Crippen LogP contribution is 2.47. The lowest BCUT2D eigenvalue weighted by Gasteiger charge is -2.42. The van der Waals surface area contributed by atoms with Gasteiger partial charge in [-0.15, -0.1) is 9.45 Å². The normalized spacial score (nSPS) is 36.4. The van der Waals surface area contributed by atoms with Gasteiger partial charge in [-0.2, -0.15) is 0 Å². The Balaban J connectivity index is 0.855. The quantitative estimate of drug-likeness (QED) is 0.191. The van der Waals surface area contributed by atoms with Crippen LogP contribution < -0.4 is 0 Å². The Morgan fingerprint density at radius 1 is 0.750 bits per heavy atom. The molecule has 4 heterocycles. The number of nitrogens with zero attached hydrogens (tertiary/aromatic N) is 4. The summed E-state index contributed by atoms with van der Waals surface area (Å²) in [7, 11) is 3.26. The van der Waals surface area contributed by atoms with Gasteiger partial charge in [-0.3, -0.25) is 19.5 Å². The molecule has 11 atom stereocenters. The molecule has 0 aromatic carbocycles. The van der Waals surface area contributed by atoms with E-state index in [1.807, 2.05) is 0 Å². The number of hydrogen-bond donors (Lipinski definition) is 0. The van der Waals surface area contributed by atoms with Crippen molar-refractivity contribution >= 4 is 38.7 Å². The second-order valence-corrected chi connectivity index (χ2v) is 22.4. The van der Waals surface area contributed by atoms with E-state index in [1.165, 1.54) is 38.5 Å². The summed E-state index contributed by atoms with van der Waals surface area (Å²) in [6.45, 7) is 7.62. The molecule has 10 nitrogen and oxygen atoms in total. The fraction of sp³-hybridized carbons (Fsp3) is 0.841. The minimum Gasteiger partial charge on any atom is -0.498 e. The summed E-state index contributed by atoms with van der Waals surface area (Å²) in [5.41, 5.74) is 0. The van der Waals surface area contributed by atoms with Crippen molar-refractivity contribution < 1.29 is 28.5 Å². The number of unbranched alkanes of at least 4 members (excludes halogenated alkanes) is 2. The van der Waals surface area contributed by atoms with E-state index in [0.29, 0.717) is 68.7 Å². The topological polar surface area (TPSA) is 93.1 Å². The second kappa shape index (κ2) is 17.2. The zero-order valence-corrected chi connectivity index (χ0v) is 36.4.